The molecule has 0 aromatic heterocycles. The summed E-state index contributed by atoms with van der Waals surface area (Å²) in [6.45, 7) is 5.97. The third kappa shape index (κ3) is 6.51. The van der Waals surface area contributed by atoms with Crippen LogP contribution in [0.1, 0.15) is 26.2 Å². The molecule has 0 aromatic rings. The second-order valence-corrected chi connectivity index (χ2v) is 4.00. The predicted octanol–water partition coefficient (Wildman–Crippen LogP) is 2.44. The fourth-order valence-corrected chi connectivity index (χ4v) is 1.65. The Morgan fingerprint density at radius 2 is 2.25 bits per heavy atom. The maximum Gasteiger partial charge on any atom is 0.395 e. The molecule has 0 spiro atoms. The molecule has 0 saturated heterocycles. The zero-order chi connectivity index (χ0) is 6.24. The zero-order valence-electron chi connectivity index (χ0n) is 5.82. The van der Waals surface area contributed by atoms with E-state index in [1.165, 1.54) is 23.8 Å². The van der Waals surface area contributed by atoms with E-state index in [2.05, 4.69) is 17.7 Å². The summed E-state index contributed by atoms with van der Waals surface area (Å²) in [5.74, 6) is 0. The highest BCUT2D eigenvalue weighted by atomic mass is 24.5. The Bertz CT molecular complexity index is 50.3. The van der Waals surface area contributed by atoms with Crippen LogP contribution in [0.5, 0.6) is 0 Å². The van der Waals surface area contributed by atoms with Gasteiger partial charge in [-0.25, -0.2) is 4.21 Å². The van der Waals surface area contributed by atoms with Crippen molar-refractivity contribution >= 4 is 20.4 Å². The molecule has 0 saturated carbocycles. The molecule has 0 N–H and O–H groups in total. The predicted molar refractivity (Wildman–Crippen MR) is 40.3 cm³/mol. The smallest absolute Gasteiger partial charge is 0.214 e. The monoisotopic (exact) mass is 122 g/mol. The summed E-state index contributed by atoms with van der Waals surface area (Å²) in [6, 6.07) is 0. The van der Waals surface area contributed by atoms with Crippen LogP contribution in [0.2, 0.25) is 4.55 Å². The van der Waals surface area contributed by atoms with Crippen molar-refractivity contribution < 1.29 is 0 Å². The van der Waals surface area contributed by atoms with E-state index in [0.717, 1.165) is 0 Å². The van der Waals surface area contributed by atoms with Crippen molar-refractivity contribution in [1.82, 2.24) is 0 Å². The SMILES string of the molecule is C=[CH][Mg][CH2]CCCC. The molecule has 0 unspecified atom stereocenters. The van der Waals surface area contributed by atoms with Crippen LogP contribution in [0.15, 0.2) is 10.8 Å². The average molecular weight is 122 g/mol. The molecular weight excluding hydrogens is 108 g/mol. The second-order valence-electron chi connectivity index (χ2n) is 2.14. The van der Waals surface area contributed by atoms with E-state index in [1.54, 1.807) is 0 Å². The van der Waals surface area contributed by atoms with E-state index in [-0.39, 0.29) is 20.4 Å². The highest BCUT2D eigenvalue weighted by Crippen LogP contribution is 1.97. The highest BCUT2D eigenvalue weighted by molar-refractivity contribution is 6.41. The summed E-state index contributed by atoms with van der Waals surface area (Å²) in [5.41, 5.74) is 0. The molecule has 0 bridgehead atoms. The lowest BCUT2D eigenvalue weighted by Crippen LogP contribution is -1.81. The van der Waals surface area contributed by atoms with Crippen molar-refractivity contribution in [2.45, 2.75) is 30.7 Å². The molecule has 0 aliphatic rings. The van der Waals surface area contributed by atoms with E-state index in [4.69, 9.17) is 0 Å². The van der Waals surface area contributed by atoms with Gasteiger partial charge >= 0.3 is 20.4 Å². The van der Waals surface area contributed by atoms with Crippen LogP contribution in [0.25, 0.3) is 0 Å². The Hall–Kier alpha value is 0.506. The fourth-order valence-electron chi connectivity index (χ4n) is 0.715. The van der Waals surface area contributed by atoms with Crippen molar-refractivity contribution in [2.75, 3.05) is 0 Å². The van der Waals surface area contributed by atoms with Crippen LogP contribution in [-0.2, 0) is 0 Å². The number of unbranched alkanes of at least 4 members (excludes halogenated alkanes) is 2. The van der Waals surface area contributed by atoms with E-state index in [0.29, 0.717) is 0 Å². The van der Waals surface area contributed by atoms with E-state index in [1.807, 2.05) is 0 Å². The van der Waals surface area contributed by atoms with Crippen LogP contribution in [-0.4, -0.2) is 20.4 Å². The molecule has 0 rings (SSSR count). The third-order valence-electron chi connectivity index (χ3n) is 1.26. The molecule has 0 aliphatic carbocycles. The summed E-state index contributed by atoms with van der Waals surface area (Å²) < 4.78 is 3.60. The molecule has 0 aliphatic heterocycles. The molecule has 0 radical (unpaired) electrons. The topological polar surface area (TPSA) is 0 Å². The first-order valence-corrected chi connectivity index (χ1v) is 5.34. The van der Waals surface area contributed by atoms with Gasteiger partial charge in [0.1, 0.15) is 0 Å². The van der Waals surface area contributed by atoms with Gasteiger partial charge in [0.05, 0.1) is 0 Å². The lowest BCUT2D eigenvalue weighted by atomic mass is 10.3. The van der Waals surface area contributed by atoms with Crippen LogP contribution in [0.3, 0.4) is 0 Å². The van der Waals surface area contributed by atoms with Crippen LogP contribution in [0.4, 0.5) is 0 Å². The normalized spacial score (nSPS) is 8.12. The van der Waals surface area contributed by atoms with Crippen molar-refractivity contribution in [1.29, 1.82) is 0 Å². The lowest BCUT2D eigenvalue weighted by molar-refractivity contribution is 0.769. The van der Waals surface area contributed by atoms with Gasteiger partial charge in [0, 0.05) is 0 Å². The highest BCUT2D eigenvalue weighted by Gasteiger charge is 1.86. The molecule has 0 nitrogen and oxygen atoms in total. The summed E-state index contributed by atoms with van der Waals surface area (Å²) in [5, 5.41) is 0. The quantitative estimate of drug-likeness (QED) is 0.388. The first-order chi connectivity index (χ1) is 3.91. The first-order valence-electron chi connectivity index (χ1n) is 3.52. The Labute approximate surface area is 62.1 Å². The molecule has 8 heavy (non-hydrogen) atoms. The minimum absolute atomic E-state index is 0.165. The molecule has 0 aromatic carbocycles. The van der Waals surface area contributed by atoms with Gasteiger partial charge in [-0.3, -0.25) is 0 Å². The summed E-state index contributed by atoms with van der Waals surface area (Å²) in [7, 11) is 0. The minimum atomic E-state index is 0.165. The van der Waals surface area contributed by atoms with Gasteiger partial charge in [-0.2, -0.15) is 0 Å². The maximum absolute atomic E-state index is 3.72. The number of hydrogen-bond donors (Lipinski definition) is 0. The maximum atomic E-state index is 3.72. The number of hydrogen-bond acceptors (Lipinski definition) is 0. The van der Waals surface area contributed by atoms with Gasteiger partial charge in [0.25, 0.3) is 0 Å². The van der Waals surface area contributed by atoms with Crippen LogP contribution < -0.4 is 0 Å². The molecule has 0 atom stereocenters. The van der Waals surface area contributed by atoms with Crippen LogP contribution in [0, 0.1) is 0 Å². The fraction of sp³-hybridized carbons (Fsp3) is 0.714. The van der Waals surface area contributed by atoms with Gasteiger partial charge in [0.2, 0.25) is 0 Å². The molecule has 1 heteroatoms. The van der Waals surface area contributed by atoms with Gasteiger partial charge < -0.3 is 0 Å². The van der Waals surface area contributed by atoms with Crippen molar-refractivity contribution in [3.63, 3.8) is 0 Å². The van der Waals surface area contributed by atoms with Gasteiger partial charge in [0.15, 0.2) is 0 Å². The van der Waals surface area contributed by atoms with Gasteiger partial charge in [-0.1, -0.05) is 26.2 Å². The Morgan fingerprint density at radius 1 is 1.50 bits per heavy atom. The van der Waals surface area contributed by atoms with Gasteiger partial charge in [-0.15, -0.1) is 11.1 Å². The zero-order valence-corrected chi connectivity index (χ0v) is 7.23. The average Bonchev–Trinajstić information content (AvgIpc) is 1.81. The minimum Gasteiger partial charge on any atom is -0.214 e. The lowest BCUT2D eigenvalue weighted by Gasteiger charge is -1.90. The van der Waals surface area contributed by atoms with Crippen LogP contribution >= 0.6 is 0 Å². The Kier molecular flexibility index (Phi) is 7.98. The third-order valence-corrected chi connectivity index (χ3v) is 2.58. The largest absolute Gasteiger partial charge is 0.395 e. The molecule has 0 heterocycles. The summed E-state index contributed by atoms with van der Waals surface area (Å²) in [6.07, 6.45) is 4.21. The second kappa shape index (κ2) is 7.51. The number of rotatable bonds is 5. The van der Waals surface area contributed by atoms with Crippen molar-refractivity contribution in [3.8, 4) is 0 Å². The molecule has 44 valence electrons. The summed E-state index contributed by atoms with van der Waals surface area (Å²) in [4.78, 5) is 0. The molecule has 0 fully saturated rings. The first kappa shape index (κ1) is 8.51. The standard InChI is InChI=1S/C5H11.C2H3.Mg/c1-3-5-4-2;1-2;/h1,3-5H2,2H3;1H,2H2;. The van der Waals surface area contributed by atoms with E-state index in [9.17, 15) is 0 Å². The Balaban J connectivity index is 2.62. The summed E-state index contributed by atoms with van der Waals surface area (Å²) >= 11 is 0.165. The van der Waals surface area contributed by atoms with E-state index < -0.39 is 0 Å². The Morgan fingerprint density at radius 3 is 2.75 bits per heavy atom. The van der Waals surface area contributed by atoms with Crippen molar-refractivity contribution in [3.05, 3.63) is 10.8 Å². The van der Waals surface area contributed by atoms with E-state index >= 15 is 0 Å². The van der Waals surface area contributed by atoms with Gasteiger partial charge in [-0.05, 0) is 0 Å². The molecular formula is C7H14Mg. The van der Waals surface area contributed by atoms with Crippen molar-refractivity contribution in [2.24, 2.45) is 0 Å². The molecule has 0 amide bonds.